The number of hydrogen-bond donors (Lipinski definition) is 1. The minimum Gasteiger partial charge on any atom is -0.337 e. The van der Waals surface area contributed by atoms with E-state index >= 15 is 0 Å². The number of aromatic nitrogens is 2. The quantitative estimate of drug-likeness (QED) is 0.612. The molecule has 8 heteroatoms. The maximum atomic E-state index is 12.0. The highest BCUT2D eigenvalue weighted by molar-refractivity contribution is 5.76. The van der Waals surface area contributed by atoms with Crippen molar-refractivity contribution in [3.05, 3.63) is 22.5 Å². The Morgan fingerprint density at radius 1 is 1.68 bits per heavy atom. The van der Waals surface area contributed by atoms with Gasteiger partial charge in [0.05, 0.1) is 4.92 Å². The summed E-state index contributed by atoms with van der Waals surface area (Å²) in [5, 5.41) is 17.6. The van der Waals surface area contributed by atoms with Gasteiger partial charge in [-0.1, -0.05) is 0 Å². The van der Waals surface area contributed by atoms with Gasteiger partial charge in [0.2, 0.25) is 5.91 Å². The standard InChI is InChI=1S/C11H17N5O3/c1-9-6-12-3-5-15(9)11(17)2-4-14-8-10(7-13-14)16(18)19/h7-9,12H,2-6H2,1H3/t9-/m1/s1. The van der Waals surface area contributed by atoms with Crippen molar-refractivity contribution in [2.24, 2.45) is 0 Å². The van der Waals surface area contributed by atoms with E-state index in [4.69, 9.17) is 0 Å². The number of nitro groups is 1. The zero-order valence-corrected chi connectivity index (χ0v) is 10.8. The van der Waals surface area contributed by atoms with Crippen molar-refractivity contribution in [1.29, 1.82) is 0 Å². The van der Waals surface area contributed by atoms with Crippen LogP contribution in [0.5, 0.6) is 0 Å². The monoisotopic (exact) mass is 267 g/mol. The summed E-state index contributed by atoms with van der Waals surface area (Å²) in [6.07, 6.45) is 2.84. The largest absolute Gasteiger partial charge is 0.337 e. The maximum Gasteiger partial charge on any atom is 0.306 e. The third-order valence-electron chi connectivity index (χ3n) is 3.21. The molecule has 1 aromatic rings. The molecule has 1 N–H and O–H groups in total. The lowest BCUT2D eigenvalue weighted by molar-refractivity contribution is -0.385. The van der Waals surface area contributed by atoms with Crippen LogP contribution in [-0.2, 0) is 11.3 Å². The fourth-order valence-corrected chi connectivity index (χ4v) is 2.13. The van der Waals surface area contributed by atoms with Crippen LogP contribution in [0.1, 0.15) is 13.3 Å². The summed E-state index contributed by atoms with van der Waals surface area (Å²) in [4.78, 5) is 23.9. The Kier molecular flexibility index (Phi) is 4.10. The zero-order valence-electron chi connectivity index (χ0n) is 10.8. The topological polar surface area (TPSA) is 93.3 Å². The number of carbonyl (C=O) groups excluding carboxylic acids is 1. The zero-order chi connectivity index (χ0) is 13.8. The number of hydrogen-bond acceptors (Lipinski definition) is 5. The fourth-order valence-electron chi connectivity index (χ4n) is 2.13. The second-order valence-electron chi connectivity index (χ2n) is 4.61. The SMILES string of the molecule is C[C@@H]1CNCCN1C(=O)CCn1cc([N+](=O)[O-])cn1. The van der Waals surface area contributed by atoms with Crippen LogP contribution in [0, 0.1) is 10.1 Å². The maximum absolute atomic E-state index is 12.0. The Morgan fingerprint density at radius 3 is 3.11 bits per heavy atom. The molecule has 2 heterocycles. The lowest BCUT2D eigenvalue weighted by Crippen LogP contribution is -2.52. The van der Waals surface area contributed by atoms with Gasteiger partial charge in [0.1, 0.15) is 12.4 Å². The highest BCUT2D eigenvalue weighted by atomic mass is 16.6. The van der Waals surface area contributed by atoms with Crippen LogP contribution in [0.3, 0.4) is 0 Å². The van der Waals surface area contributed by atoms with Crippen molar-refractivity contribution in [3.63, 3.8) is 0 Å². The first kappa shape index (κ1) is 13.5. The van der Waals surface area contributed by atoms with E-state index in [-0.39, 0.29) is 17.6 Å². The molecule has 0 spiro atoms. The molecule has 19 heavy (non-hydrogen) atoms. The Bertz CT molecular complexity index is 473. The third kappa shape index (κ3) is 3.28. The van der Waals surface area contributed by atoms with Gasteiger partial charge >= 0.3 is 5.69 Å². The van der Waals surface area contributed by atoms with Gasteiger partial charge in [-0.2, -0.15) is 5.10 Å². The number of piperazine rings is 1. The minimum absolute atomic E-state index is 0.0528. The lowest BCUT2D eigenvalue weighted by Gasteiger charge is -2.34. The molecule has 0 radical (unpaired) electrons. The number of nitrogens with zero attached hydrogens (tertiary/aromatic N) is 4. The fraction of sp³-hybridized carbons (Fsp3) is 0.636. The molecule has 0 aromatic carbocycles. The van der Waals surface area contributed by atoms with E-state index in [2.05, 4.69) is 10.4 Å². The van der Waals surface area contributed by atoms with Gasteiger partial charge in [0.15, 0.2) is 0 Å². The second kappa shape index (κ2) is 5.79. The molecule has 0 unspecified atom stereocenters. The van der Waals surface area contributed by atoms with Crippen LogP contribution in [0.15, 0.2) is 12.4 Å². The number of rotatable bonds is 4. The van der Waals surface area contributed by atoms with Crippen molar-refractivity contribution in [3.8, 4) is 0 Å². The van der Waals surface area contributed by atoms with Crippen LogP contribution in [0.4, 0.5) is 5.69 Å². The van der Waals surface area contributed by atoms with E-state index in [0.29, 0.717) is 19.5 Å². The smallest absolute Gasteiger partial charge is 0.306 e. The first-order valence-electron chi connectivity index (χ1n) is 6.25. The average Bonchev–Trinajstić information content (AvgIpc) is 2.85. The van der Waals surface area contributed by atoms with E-state index in [9.17, 15) is 14.9 Å². The molecule has 0 bridgehead atoms. The lowest BCUT2D eigenvalue weighted by atomic mass is 10.2. The van der Waals surface area contributed by atoms with Gasteiger partial charge in [-0.25, -0.2) is 0 Å². The molecule has 0 saturated carbocycles. The van der Waals surface area contributed by atoms with Gasteiger partial charge in [-0.3, -0.25) is 19.6 Å². The minimum atomic E-state index is -0.496. The molecule has 1 aliphatic heterocycles. The van der Waals surface area contributed by atoms with Crippen LogP contribution in [0.25, 0.3) is 0 Å². The van der Waals surface area contributed by atoms with Crippen LogP contribution in [-0.4, -0.2) is 51.2 Å². The van der Waals surface area contributed by atoms with Gasteiger partial charge in [-0.15, -0.1) is 0 Å². The molecule has 2 rings (SSSR count). The van der Waals surface area contributed by atoms with Gasteiger partial charge in [-0.05, 0) is 6.92 Å². The summed E-state index contributed by atoms with van der Waals surface area (Å²) in [6.45, 7) is 4.69. The van der Waals surface area contributed by atoms with E-state index in [1.54, 1.807) is 0 Å². The highest BCUT2D eigenvalue weighted by Gasteiger charge is 2.22. The summed E-state index contributed by atoms with van der Waals surface area (Å²) >= 11 is 0. The van der Waals surface area contributed by atoms with Crippen LogP contribution < -0.4 is 5.32 Å². The molecular formula is C11H17N5O3. The first-order chi connectivity index (χ1) is 9.08. The van der Waals surface area contributed by atoms with Crippen LogP contribution >= 0.6 is 0 Å². The molecule has 1 aromatic heterocycles. The summed E-state index contributed by atoms with van der Waals surface area (Å²) in [7, 11) is 0. The molecule has 8 nitrogen and oxygen atoms in total. The van der Waals surface area contributed by atoms with Gasteiger partial charge in [0, 0.05) is 38.6 Å². The predicted molar refractivity (Wildman–Crippen MR) is 67.5 cm³/mol. The Balaban J connectivity index is 1.87. The third-order valence-corrected chi connectivity index (χ3v) is 3.21. The number of amides is 1. The number of nitrogens with one attached hydrogen (secondary N) is 1. The molecule has 1 amide bonds. The Hall–Kier alpha value is -1.96. The first-order valence-corrected chi connectivity index (χ1v) is 6.25. The molecule has 1 aliphatic rings. The molecular weight excluding hydrogens is 250 g/mol. The normalized spacial score (nSPS) is 19.4. The Morgan fingerprint density at radius 2 is 2.47 bits per heavy atom. The second-order valence-corrected chi connectivity index (χ2v) is 4.61. The Labute approximate surface area is 110 Å². The number of aryl methyl sites for hydroxylation is 1. The van der Waals surface area contributed by atoms with E-state index < -0.39 is 4.92 Å². The van der Waals surface area contributed by atoms with Crippen molar-refractivity contribution in [2.45, 2.75) is 25.9 Å². The van der Waals surface area contributed by atoms with E-state index in [1.165, 1.54) is 17.1 Å². The number of carbonyl (C=O) groups is 1. The van der Waals surface area contributed by atoms with Crippen molar-refractivity contribution in [2.75, 3.05) is 19.6 Å². The van der Waals surface area contributed by atoms with Crippen molar-refractivity contribution < 1.29 is 9.72 Å². The molecule has 1 atom stereocenters. The average molecular weight is 267 g/mol. The van der Waals surface area contributed by atoms with E-state index in [1.807, 2.05) is 11.8 Å². The summed E-state index contributed by atoms with van der Waals surface area (Å²) in [5.74, 6) is 0.0622. The predicted octanol–water partition coefficient (Wildman–Crippen LogP) is 0.00170. The summed E-state index contributed by atoms with van der Waals surface area (Å²) < 4.78 is 1.43. The summed E-state index contributed by atoms with van der Waals surface area (Å²) in [6, 6.07) is 0.188. The van der Waals surface area contributed by atoms with Gasteiger partial charge in [0.25, 0.3) is 0 Å². The van der Waals surface area contributed by atoms with Gasteiger partial charge < -0.3 is 10.2 Å². The molecule has 1 fully saturated rings. The molecule has 0 aliphatic carbocycles. The molecule has 104 valence electrons. The van der Waals surface area contributed by atoms with Crippen molar-refractivity contribution in [1.82, 2.24) is 20.0 Å². The van der Waals surface area contributed by atoms with Crippen molar-refractivity contribution >= 4 is 11.6 Å². The summed E-state index contributed by atoms with van der Waals surface area (Å²) in [5.41, 5.74) is -0.0528. The molecule has 1 saturated heterocycles. The van der Waals surface area contributed by atoms with Crippen LogP contribution in [0.2, 0.25) is 0 Å². The highest BCUT2D eigenvalue weighted by Crippen LogP contribution is 2.09. The van der Waals surface area contributed by atoms with E-state index in [0.717, 1.165) is 13.1 Å².